The molecule has 0 fully saturated rings. The Bertz CT molecular complexity index is 468. The summed E-state index contributed by atoms with van der Waals surface area (Å²) in [4.78, 5) is 22.3. The number of ether oxygens (including phenoxy) is 1. The van der Waals surface area contributed by atoms with Crippen LogP contribution in [0.15, 0.2) is 15.0 Å². The van der Waals surface area contributed by atoms with E-state index in [0.29, 0.717) is 4.47 Å². The molecule has 0 radical (unpaired) electrons. The number of esters is 1. The van der Waals surface area contributed by atoms with Crippen LogP contribution in [0.3, 0.4) is 0 Å². The average Bonchev–Trinajstić information content (AvgIpc) is 2.13. The molecule has 0 aliphatic carbocycles. The van der Waals surface area contributed by atoms with Crippen LogP contribution in [-0.2, 0) is 4.79 Å². The lowest BCUT2D eigenvalue weighted by Gasteiger charge is -2.11. The number of benzene rings is 1. The minimum absolute atomic E-state index is 0.102. The Hall–Kier alpha value is -0.880. The quantitative estimate of drug-likeness (QED) is 0.505. The second-order valence-corrected chi connectivity index (χ2v) is 4.69. The molecule has 0 heterocycles. The number of rotatable bonds is 2. The second-order valence-electron chi connectivity index (χ2n) is 3.05. The van der Waals surface area contributed by atoms with Gasteiger partial charge < -0.3 is 9.84 Å². The lowest BCUT2D eigenvalue weighted by molar-refractivity contribution is -0.131. The van der Waals surface area contributed by atoms with Crippen LogP contribution in [0, 0.1) is 0 Å². The van der Waals surface area contributed by atoms with Crippen molar-refractivity contribution in [3.8, 4) is 11.5 Å². The zero-order valence-corrected chi connectivity index (χ0v) is 11.7. The molecule has 0 aliphatic heterocycles. The number of phenols is 1. The van der Waals surface area contributed by atoms with Crippen molar-refractivity contribution in [2.75, 3.05) is 0 Å². The Morgan fingerprint density at radius 3 is 2.31 bits per heavy atom. The molecular formula is C10H8Br2O4. The molecule has 1 aromatic rings. The number of phenolic OH excluding ortho intramolecular Hbond substituents is 1. The van der Waals surface area contributed by atoms with E-state index in [4.69, 9.17) is 4.74 Å². The van der Waals surface area contributed by atoms with Crippen molar-refractivity contribution in [2.45, 2.75) is 13.8 Å². The van der Waals surface area contributed by atoms with Gasteiger partial charge in [0, 0.05) is 6.92 Å². The molecule has 0 unspecified atom stereocenters. The summed E-state index contributed by atoms with van der Waals surface area (Å²) in [6.07, 6.45) is 0. The van der Waals surface area contributed by atoms with Crippen LogP contribution in [-0.4, -0.2) is 16.9 Å². The van der Waals surface area contributed by atoms with Gasteiger partial charge in [0.25, 0.3) is 0 Å². The van der Waals surface area contributed by atoms with E-state index in [1.54, 1.807) is 0 Å². The number of Topliss-reactive ketones (excluding diaryl/α,β-unsaturated/α-hetero) is 1. The van der Waals surface area contributed by atoms with Crippen molar-refractivity contribution < 1.29 is 19.4 Å². The summed E-state index contributed by atoms with van der Waals surface area (Å²) >= 11 is 6.19. The molecule has 16 heavy (non-hydrogen) atoms. The highest BCUT2D eigenvalue weighted by Gasteiger charge is 2.21. The third-order valence-corrected chi connectivity index (χ3v) is 3.14. The van der Waals surface area contributed by atoms with Gasteiger partial charge in [0.1, 0.15) is 5.75 Å². The maximum Gasteiger partial charge on any atom is 0.308 e. The summed E-state index contributed by atoms with van der Waals surface area (Å²) in [7, 11) is 0. The molecule has 0 atom stereocenters. The molecule has 0 amide bonds. The normalized spacial score (nSPS) is 10.0. The Morgan fingerprint density at radius 1 is 1.31 bits per heavy atom. The molecule has 0 saturated carbocycles. The summed E-state index contributed by atoms with van der Waals surface area (Å²) in [5.41, 5.74) is 0.127. The van der Waals surface area contributed by atoms with Crippen LogP contribution in [0.5, 0.6) is 11.5 Å². The fraction of sp³-hybridized carbons (Fsp3) is 0.200. The number of carbonyl (C=O) groups excluding carboxylic acids is 2. The Balaban J connectivity index is 3.50. The van der Waals surface area contributed by atoms with Gasteiger partial charge in [-0.25, -0.2) is 0 Å². The lowest BCUT2D eigenvalue weighted by Crippen LogP contribution is -2.07. The fourth-order valence-corrected chi connectivity index (χ4v) is 2.22. The van der Waals surface area contributed by atoms with Crippen LogP contribution in [0.2, 0.25) is 0 Å². The molecule has 1 aromatic carbocycles. The molecule has 6 heteroatoms. The fourth-order valence-electron chi connectivity index (χ4n) is 1.15. The molecule has 0 bridgehead atoms. The first-order chi connectivity index (χ1) is 7.34. The van der Waals surface area contributed by atoms with Crippen molar-refractivity contribution in [1.29, 1.82) is 0 Å². The SMILES string of the molecule is CC(=O)Oc1c(Br)cc(O)c(Br)c1C(C)=O. The Kier molecular flexibility index (Phi) is 4.09. The standard InChI is InChI=1S/C10H8Br2O4/c1-4(13)8-9(12)7(15)3-6(11)10(8)16-5(2)14/h3,15H,1-2H3. The van der Waals surface area contributed by atoms with Gasteiger partial charge in [0.2, 0.25) is 0 Å². The number of halogens is 2. The zero-order chi connectivity index (χ0) is 12.5. The summed E-state index contributed by atoms with van der Waals surface area (Å²) in [6, 6.07) is 1.34. The van der Waals surface area contributed by atoms with Crippen molar-refractivity contribution >= 4 is 43.6 Å². The molecule has 0 saturated heterocycles. The van der Waals surface area contributed by atoms with E-state index in [9.17, 15) is 14.7 Å². The van der Waals surface area contributed by atoms with Crippen molar-refractivity contribution in [3.63, 3.8) is 0 Å². The van der Waals surface area contributed by atoms with E-state index in [-0.39, 0.29) is 27.3 Å². The van der Waals surface area contributed by atoms with E-state index in [2.05, 4.69) is 31.9 Å². The van der Waals surface area contributed by atoms with Crippen LogP contribution >= 0.6 is 31.9 Å². The van der Waals surface area contributed by atoms with Crippen molar-refractivity contribution in [2.24, 2.45) is 0 Å². The molecule has 1 N–H and O–H groups in total. The molecular weight excluding hydrogens is 344 g/mol. The van der Waals surface area contributed by atoms with Crippen LogP contribution in [0.25, 0.3) is 0 Å². The van der Waals surface area contributed by atoms with Gasteiger partial charge in [0.15, 0.2) is 11.5 Å². The molecule has 4 nitrogen and oxygen atoms in total. The molecule has 0 aromatic heterocycles. The van der Waals surface area contributed by atoms with Gasteiger partial charge in [-0.2, -0.15) is 0 Å². The van der Waals surface area contributed by atoms with Gasteiger partial charge in [0.05, 0.1) is 14.5 Å². The predicted octanol–water partition coefficient (Wildman–Crippen LogP) is 3.05. The van der Waals surface area contributed by atoms with Gasteiger partial charge in [-0.15, -0.1) is 0 Å². The van der Waals surface area contributed by atoms with Gasteiger partial charge in [-0.3, -0.25) is 9.59 Å². The first kappa shape index (κ1) is 13.2. The van der Waals surface area contributed by atoms with Gasteiger partial charge in [-0.05, 0) is 44.8 Å². The molecule has 1 rings (SSSR count). The summed E-state index contributed by atoms with van der Waals surface area (Å²) in [6.45, 7) is 2.55. The first-order valence-corrected chi connectivity index (χ1v) is 5.83. The number of hydrogen-bond donors (Lipinski definition) is 1. The first-order valence-electron chi connectivity index (χ1n) is 4.25. The minimum Gasteiger partial charge on any atom is -0.507 e. The topological polar surface area (TPSA) is 63.6 Å². The van der Waals surface area contributed by atoms with Crippen LogP contribution in [0.4, 0.5) is 0 Å². The highest BCUT2D eigenvalue weighted by Crippen LogP contribution is 2.40. The highest BCUT2D eigenvalue weighted by atomic mass is 79.9. The minimum atomic E-state index is -0.541. The number of hydrogen-bond acceptors (Lipinski definition) is 4. The van der Waals surface area contributed by atoms with E-state index < -0.39 is 5.97 Å². The third kappa shape index (κ3) is 2.62. The maximum atomic E-state index is 11.4. The molecule has 0 aliphatic rings. The predicted molar refractivity (Wildman–Crippen MR) is 64.8 cm³/mol. The van der Waals surface area contributed by atoms with E-state index in [0.717, 1.165) is 0 Å². The lowest BCUT2D eigenvalue weighted by atomic mass is 10.1. The Morgan fingerprint density at radius 2 is 1.88 bits per heavy atom. The smallest absolute Gasteiger partial charge is 0.308 e. The molecule has 86 valence electrons. The van der Waals surface area contributed by atoms with Crippen LogP contribution in [0.1, 0.15) is 24.2 Å². The average molecular weight is 352 g/mol. The largest absolute Gasteiger partial charge is 0.507 e. The third-order valence-electron chi connectivity index (χ3n) is 1.75. The zero-order valence-electron chi connectivity index (χ0n) is 8.51. The van der Waals surface area contributed by atoms with Crippen LogP contribution < -0.4 is 4.74 Å². The van der Waals surface area contributed by atoms with E-state index in [1.807, 2.05) is 0 Å². The highest BCUT2D eigenvalue weighted by molar-refractivity contribution is 9.11. The monoisotopic (exact) mass is 350 g/mol. The van der Waals surface area contributed by atoms with E-state index >= 15 is 0 Å². The second kappa shape index (κ2) is 4.97. The van der Waals surface area contributed by atoms with Gasteiger partial charge in [-0.1, -0.05) is 0 Å². The van der Waals surface area contributed by atoms with Crippen molar-refractivity contribution in [3.05, 3.63) is 20.6 Å². The van der Waals surface area contributed by atoms with Crippen molar-refractivity contribution in [1.82, 2.24) is 0 Å². The maximum absolute atomic E-state index is 11.4. The number of ketones is 1. The summed E-state index contributed by atoms with van der Waals surface area (Å²) in [5.74, 6) is -0.863. The number of aromatic hydroxyl groups is 1. The van der Waals surface area contributed by atoms with Gasteiger partial charge >= 0.3 is 5.97 Å². The molecule has 0 spiro atoms. The number of carbonyl (C=O) groups is 2. The van der Waals surface area contributed by atoms with E-state index in [1.165, 1.54) is 19.9 Å². The summed E-state index contributed by atoms with van der Waals surface area (Å²) < 4.78 is 5.47. The summed E-state index contributed by atoms with van der Waals surface area (Å²) in [5, 5.41) is 9.52. The Labute approximate surface area is 109 Å².